The summed E-state index contributed by atoms with van der Waals surface area (Å²) in [6, 6.07) is 23.4. The first-order valence-electron chi connectivity index (χ1n) is 15.3. The maximum Gasteiger partial charge on any atom is 0.241 e. The lowest BCUT2D eigenvalue weighted by molar-refractivity contribution is -0.141. The lowest BCUT2D eigenvalue weighted by Gasteiger charge is -2.47. The molecule has 0 spiro atoms. The molecule has 2 aliphatic carbocycles. The molecule has 228 valence electrons. The van der Waals surface area contributed by atoms with Crippen LogP contribution in [-0.4, -0.2) is 40.7 Å². The summed E-state index contributed by atoms with van der Waals surface area (Å²) in [6.45, 7) is 2.07. The highest BCUT2D eigenvalue weighted by Crippen LogP contribution is 2.61. The summed E-state index contributed by atoms with van der Waals surface area (Å²) in [7, 11) is 1.48. The Morgan fingerprint density at radius 2 is 1.62 bits per heavy atom. The van der Waals surface area contributed by atoms with Crippen LogP contribution in [0.15, 0.2) is 96.6 Å². The van der Waals surface area contributed by atoms with E-state index >= 15 is 0 Å². The summed E-state index contributed by atoms with van der Waals surface area (Å²) in [4.78, 5) is 58.9. The monoisotopic (exact) mass is 602 g/mol. The van der Waals surface area contributed by atoms with Gasteiger partial charge in [-0.25, -0.2) is 4.90 Å². The van der Waals surface area contributed by atoms with Gasteiger partial charge in [-0.1, -0.05) is 78.4 Å². The number of nitrogens with zero attached hydrogens (tertiary/aromatic N) is 2. The minimum absolute atomic E-state index is 0.0139. The number of likely N-dealkylation sites (tertiary alicyclic amines) is 1. The number of anilines is 1. The summed E-state index contributed by atoms with van der Waals surface area (Å²) in [5, 5.41) is 10.1. The molecule has 4 amide bonds. The molecule has 6 atom stereocenters. The number of hydrogen-bond acceptors (Lipinski definition) is 6. The van der Waals surface area contributed by atoms with Crippen molar-refractivity contribution in [2.75, 3.05) is 12.0 Å². The van der Waals surface area contributed by atoms with Crippen molar-refractivity contribution in [3.8, 4) is 11.5 Å². The SMILES string of the molecule is COc1cc(C=C[C@H]2C3=CC[C@@H]4C(=O)N(Cc5ccccc5)C(=O)[C@@H]4[C@@H]3C[C@H]3C(=O)N(c4ccccc4)C(=O)[C@@]23C)ccc1O. The molecule has 2 aliphatic heterocycles. The maximum absolute atomic E-state index is 14.4. The number of phenols is 1. The van der Waals surface area contributed by atoms with Gasteiger partial charge >= 0.3 is 0 Å². The van der Waals surface area contributed by atoms with Crippen molar-refractivity contribution in [2.45, 2.75) is 26.3 Å². The maximum atomic E-state index is 14.4. The van der Waals surface area contributed by atoms with Gasteiger partial charge in [-0.15, -0.1) is 0 Å². The molecule has 0 radical (unpaired) electrons. The van der Waals surface area contributed by atoms with Crippen molar-refractivity contribution >= 4 is 35.4 Å². The van der Waals surface area contributed by atoms with Gasteiger partial charge in [-0.3, -0.25) is 24.1 Å². The number of phenolic OH excluding ortho intramolecular Hbond substituents is 1. The topological polar surface area (TPSA) is 104 Å². The minimum atomic E-state index is -1.10. The smallest absolute Gasteiger partial charge is 0.241 e. The molecule has 2 saturated heterocycles. The van der Waals surface area contributed by atoms with E-state index in [1.54, 1.807) is 42.5 Å². The molecule has 3 aromatic rings. The van der Waals surface area contributed by atoms with E-state index in [4.69, 9.17) is 4.74 Å². The van der Waals surface area contributed by atoms with E-state index < -0.39 is 29.1 Å². The van der Waals surface area contributed by atoms with Gasteiger partial charge < -0.3 is 9.84 Å². The van der Waals surface area contributed by atoms with E-state index in [1.807, 2.05) is 61.5 Å². The van der Waals surface area contributed by atoms with Gasteiger partial charge in [0.05, 0.1) is 42.5 Å². The number of fused-ring (bicyclic) bond motifs is 4. The van der Waals surface area contributed by atoms with Crippen molar-refractivity contribution in [1.29, 1.82) is 0 Å². The summed E-state index contributed by atoms with van der Waals surface area (Å²) < 4.78 is 5.29. The Morgan fingerprint density at radius 1 is 0.911 bits per heavy atom. The van der Waals surface area contributed by atoms with Crippen LogP contribution >= 0.6 is 0 Å². The van der Waals surface area contributed by atoms with Crippen LogP contribution in [0.4, 0.5) is 5.69 Å². The number of allylic oxidation sites excluding steroid dienone is 3. The first-order chi connectivity index (χ1) is 21.7. The van der Waals surface area contributed by atoms with Gasteiger partial charge in [0.2, 0.25) is 23.6 Å². The highest BCUT2D eigenvalue weighted by Gasteiger charge is 2.66. The molecular weight excluding hydrogens is 568 g/mol. The number of hydrogen-bond donors (Lipinski definition) is 1. The zero-order valence-corrected chi connectivity index (χ0v) is 25.1. The molecule has 4 aliphatic rings. The Bertz CT molecular complexity index is 1770. The summed E-state index contributed by atoms with van der Waals surface area (Å²) in [6.07, 6.45) is 6.57. The van der Waals surface area contributed by atoms with Crippen molar-refractivity contribution in [2.24, 2.45) is 35.0 Å². The second-order valence-corrected chi connectivity index (χ2v) is 12.6. The fourth-order valence-electron chi connectivity index (χ4n) is 8.03. The number of carbonyl (C=O) groups is 4. The van der Waals surface area contributed by atoms with Gasteiger partial charge in [0.15, 0.2) is 11.5 Å². The molecule has 45 heavy (non-hydrogen) atoms. The van der Waals surface area contributed by atoms with Crippen molar-refractivity contribution in [3.05, 3.63) is 108 Å². The average molecular weight is 603 g/mol. The first kappa shape index (κ1) is 28.8. The van der Waals surface area contributed by atoms with Crippen LogP contribution in [0.25, 0.3) is 6.08 Å². The number of para-hydroxylation sites is 1. The molecule has 2 heterocycles. The van der Waals surface area contributed by atoms with Crippen molar-refractivity contribution in [3.63, 3.8) is 0 Å². The standard InChI is InChI=1S/C37H34N2O6/c1-37-28(17-13-22-14-18-30(40)31(19-22)45-2)25-15-16-26-32(35(43)38(33(26)41)21-23-9-5-3-6-10-23)27(25)20-29(37)34(42)39(36(37)44)24-11-7-4-8-12-24/h3-15,17-19,26-29,32,40H,16,20-21H2,1-2H3/t26-,27+,28-,29-,32-,37-/m0/s1. The van der Waals surface area contributed by atoms with Crippen molar-refractivity contribution < 1.29 is 29.0 Å². The Labute approximate surface area is 261 Å². The fourth-order valence-corrected chi connectivity index (χ4v) is 8.03. The predicted octanol–water partition coefficient (Wildman–Crippen LogP) is 5.38. The molecule has 1 N–H and O–H groups in total. The highest BCUT2D eigenvalue weighted by molar-refractivity contribution is 6.24. The van der Waals surface area contributed by atoms with Crippen molar-refractivity contribution in [1.82, 2.24) is 4.90 Å². The molecule has 0 aromatic heterocycles. The van der Waals surface area contributed by atoms with Gasteiger partial charge in [0.1, 0.15) is 0 Å². The van der Waals surface area contributed by atoms with Crippen LogP contribution < -0.4 is 9.64 Å². The van der Waals surface area contributed by atoms with E-state index in [-0.39, 0.29) is 41.8 Å². The van der Waals surface area contributed by atoms with Gasteiger partial charge in [0, 0.05) is 5.92 Å². The molecule has 8 nitrogen and oxygen atoms in total. The molecule has 0 unspecified atom stereocenters. The number of aromatic hydroxyl groups is 1. The number of benzene rings is 3. The van der Waals surface area contributed by atoms with Crippen LogP contribution in [0.3, 0.4) is 0 Å². The van der Waals surface area contributed by atoms with Crippen LogP contribution in [0.1, 0.15) is 30.9 Å². The summed E-state index contributed by atoms with van der Waals surface area (Å²) >= 11 is 0. The third-order valence-electron chi connectivity index (χ3n) is 10.3. The average Bonchev–Trinajstić information content (AvgIpc) is 3.41. The first-order valence-corrected chi connectivity index (χ1v) is 15.3. The predicted molar refractivity (Wildman–Crippen MR) is 168 cm³/mol. The van der Waals surface area contributed by atoms with E-state index in [0.717, 1.165) is 16.7 Å². The van der Waals surface area contributed by atoms with Crippen LogP contribution in [0.2, 0.25) is 0 Å². The lowest BCUT2D eigenvalue weighted by atomic mass is 9.52. The molecular formula is C37H34N2O6. The van der Waals surface area contributed by atoms with E-state index in [0.29, 0.717) is 24.3 Å². The lowest BCUT2D eigenvalue weighted by Crippen LogP contribution is -2.49. The molecule has 7 rings (SSSR count). The minimum Gasteiger partial charge on any atom is -0.504 e. The second kappa shape index (κ2) is 10.9. The second-order valence-electron chi connectivity index (χ2n) is 12.6. The van der Waals surface area contributed by atoms with Crippen LogP contribution in [0.5, 0.6) is 11.5 Å². The third-order valence-corrected chi connectivity index (χ3v) is 10.3. The molecule has 3 aromatic carbocycles. The highest BCUT2D eigenvalue weighted by atomic mass is 16.5. The number of amides is 4. The molecule has 1 saturated carbocycles. The molecule has 8 heteroatoms. The van der Waals surface area contributed by atoms with Gasteiger partial charge in [-0.2, -0.15) is 0 Å². The zero-order chi connectivity index (χ0) is 31.5. The van der Waals surface area contributed by atoms with Gasteiger partial charge in [0.25, 0.3) is 0 Å². The number of rotatable bonds is 6. The van der Waals surface area contributed by atoms with E-state index in [2.05, 4.69) is 0 Å². The normalized spacial score (nSPS) is 29.1. The molecule has 3 fully saturated rings. The number of methoxy groups -OCH3 is 1. The summed E-state index contributed by atoms with van der Waals surface area (Å²) in [5.74, 6) is -3.25. The Hall–Kier alpha value is -4.98. The van der Waals surface area contributed by atoms with E-state index in [9.17, 15) is 24.3 Å². The Kier molecular flexibility index (Phi) is 6.95. The Morgan fingerprint density at radius 3 is 2.33 bits per heavy atom. The number of ether oxygens (including phenoxy) is 1. The van der Waals surface area contributed by atoms with Gasteiger partial charge in [-0.05, 0) is 61.1 Å². The van der Waals surface area contributed by atoms with Crippen LogP contribution in [-0.2, 0) is 25.7 Å². The number of carbonyl (C=O) groups excluding carboxylic acids is 4. The zero-order valence-electron chi connectivity index (χ0n) is 25.1. The fraction of sp³-hybridized carbons (Fsp3) is 0.297. The third kappa shape index (κ3) is 4.42. The van der Waals surface area contributed by atoms with E-state index in [1.165, 1.54) is 16.9 Å². The number of imide groups is 2. The summed E-state index contributed by atoms with van der Waals surface area (Å²) in [5.41, 5.74) is 1.97. The van der Waals surface area contributed by atoms with Crippen LogP contribution in [0, 0.1) is 35.0 Å². The molecule has 0 bridgehead atoms. The largest absolute Gasteiger partial charge is 0.504 e. The Balaban J connectivity index is 1.30. The quantitative estimate of drug-likeness (QED) is 0.300.